The highest BCUT2D eigenvalue weighted by Crippen LogP contribution is 2.39. The first-order valence-corrected chi connectivity index (χ1v) is 16.1. The Balaban J connectivity index is 1.17. The molecule has 0 radical (unpaired) electrons. The van der Waals surface area contributed by atoms with Gasteiger partial charge in [-0.25, -0.2) is 4.98 Å². The summed E-state index contributed by atoms with van der Waals surface area (Å²) in [5.41, 5.74) is 12.1. The molecule has 7 heteroatoms. The predicted molar refractivity (Wildman–Crippen MR) is 185 cm³/mol. The summed E-state index contributed by atoms with van der Waals surface area (Å²) in [5, 5.41) is 14.5. The van der Waals surface area contributed by atoms with E-state index in [2.05, 4.69) is 94.5 Å². The second-order valence-corrected chi connectivity index (χ2v) is 12.2. The van der Waals surface area contributed by atoms with Crippen molar-refractivity contribution in [3.05, 3.63) is 149 Å². The number of anilines is 2. The molecule has 0 atom stereocenters. The quantitative estimate of drug-likeness (QED) is 0.160. The summed E-state index contributed by atoms with van der Waals surface area (Å²) in [7, 11) is 0. The normalized spacial score (nSPS) is 11.5. The Morgan fingerprint density at radius 3 is 2.24 bits per heavy atom. The highest BCUT2D eigenvalue weighted by molar-refractivity contribution is 7.14. The van der Waals surface area contributed by atoms with Crippen LogP contribution in [-0.2, 0) is 17.8 Å². The molecule has 0 unspecified atom stereocenters. The average molecular weight is 622 g/mol. The molecule has 7 rings (SSSR count). The number of hydrogen-bond donors (Lipinski definition) is 2. The van der Waals surface area contributed by atoms with Crippen LogP contribution in [0.2, 0.25) is 0 Å². The Hall–Kier alpha value is -5.53. The summed E-state index contributed by atoms with van der Waals surface area (Å²) in [6.45, 7) is 0.687. The van der Waals surface area contributed by atoms with Gasteiger partial charge in [0.2, 0.25) is 0 Å². The summed E-state index contributed by atoms with van der Waals surface area (Å²) in [5.74, 6) is -1.25. The highest BCUT2D eigenvalue weighted by atomic mass is 32.1. The highest BCUT2D eigenvalue weighted by Gasteiger charge is 2.21. The van der Waals surface area contributed by atoms with E-state index >= 15 is 0 Å². The molecule has 1 aliphatic rings. The molecular formula is C39H31N3O3S. The van der Waals surface area contributed by atoms with Crippen LogP contribution < -0.4 is 10.2 Å². The van der Waals surface area contributed by atoms with Crippen LogP contribution in [0.25, 0.3) is 33.5 Å². The molecular weight excluding hydrogens is 591 g/mol. The van der Waals surface area contributed by atoms with Gasteiger partial charge in [0, 0.05) is 28.7 Å². The van der Waals surface area contributed by atoms with Crippen LogP contribution in [0.4, 0.5) is 10.8 Å². The van der Waals surface area contributed by atoms with Gasteiger partial charge in [0.15, 0.2) is 5.13 Å². The molecule has 0 saturated heterocycles. The number of carboxylic acid groups (broad SMARTS) is 1. The second-order valence-electron chi connectivity index (χ2n) is 11.3. The molecule has 1 aromatic heterocycles. The molecule has 0 bridgehead atoms. The fraction of sp³-hybridized carbons (Fsp3) is 0.103. The smallest absolute Gasteiger partial charge is 0.305 e. The van der Waals surface area contributed by atoms with Crippen LogP contribution in [-0.4, -0.2) is 28.5 Å². The molecule has 1 heterocycles. The molecule has 226 valence electrons. The number of nitrogens with one attached hydrogen (secondary N) is 1. The zero-order chi connectivity index (χ0) is 31.5. The van der Waals surface area contributed by atoms with E-state index in [0.717, 1.165) is 34.1 Å². The van der Waals surface area contributed by atoms with Gasteiger partial charge in [0.25, 0.3) is 5.91 Å². The zero-order valence-electron chi connectivity index (χ0n) is 25.0. The van der Waals surface area contributed by atoms with Crippen molar-refractivity contribution in [3.63, 3.8) is 0 Å². The largest absolute Gasteiger partial charge is 0.481 e. The van der Waals surface area contributed by atoms with Crippen LogP contribution in [0, 0.1) is 0 Å². The van der Waals surface area contributed by atoms with Gasteiger partial charge in [-0.05, 0) is 69.6 Å². The zero-order valence-corrected chi connectivity index (χ0v) is 25.8. The van der Waals surface area contributed by atoms with Crippen LogP contribution in [0.15, 0.2) is 127 Å². The van der Waals surface area contributed by atoms with Crippen molar-refractivity contribution in [2.24, 2.45) is 0 Å². The molecule has 0 saturated carbocycles. The minimum absolute atomic E-state index is 0.0818. The molecule has 0 spiro atoms. The van der Waals surface area contributed by atoms with Crippen LogP contribution in [0.3, 0.4) is 0 Å². The van der Waals surface area contributed by atoms with Gasteiger partial charge < -0.3 is 15.3 Å². The maximum atomic E-state index is 12.6. The van der Waals surface area contributed by atoms with Gasteiger partial charge in [-0.3, -0.25) is 9.59 Å². The summed E-state index contributed by atoms with van der Waals surface area (Å²) < 4.78 is 0. The number of carbonyl (C=O) groups is 2. The lowest BCUT2D eigenvalue weighted by Gasteiger charge is -2.23. The number of carbonyl (C=O) groups excluding carboxylic acids is 1. The minimum atomic E-state index is -0.948. The number of amides is 1. The van der Waals surface area contributed by atoms with Gasteiger partial charge in [0.05, 0.1) is 18.7 Å². The Bertz CT molecular complexity index is 2020. The molecule has 46 heavy (non-hydrogen) atoms. The second kappa shape index (κ2) is 12.8. The lowest BCUT2D eigenvalue weighted by molar-refractivity contribution is -0.136. The van der Waals surface area contributed by atoms with E-state index in [-0.39, 0.29) is 18.9 Å². The third-order valence-corrected chi connectivity index (χ3v) is 9.14. The number of carboxylic acids is 1. The number of rotatable bonds is 10. The number of aromatic nitrogens is 1. The maximum absolute atomic E-state index is 12.6. The molecule has 6 nitrogen and oxygen atoms in total. The third kappa shape index (κ3) is 6.18. The average Bonchev–Trinajstić information content (AvgIpc) is 3.73. The first kappa shape index (κ1) is 29.2. The Labute approximate surface area is 271 Å². The topological polar surface area (TPSA) is 82.5 Å². The lowest BCUT2D eigenvalue weighted by atomic mass is 10.0. The fourth-order valence-electron chi connectivity index (χ4n) is 5.91. The van der Waals surface area contributed by atoms with E-state index in [1.807, 2.05) is 30.3 Å². The van der Waals surface area contributed by atoms with E-state index in [1.165, 1.54) is 33.4 Å². The Kier molecular flexibility index (Phi) is 8.14. The number of aliphatic carboxylic acids is 1. The predicted octanol–water partition coefficient (Wildman–Crippen LogP) is 8.59. The third-order valence-electron chi connectivity index (χ3n) is 8.28. The summed E-state index contributed by atoms with van der Waals surface area (Å²) >= 11 is 1.59. The lowest BCUT2D eigenvalue weighted by Crippen LogP contribution is -2.26. The number of hydrogen-bond acceptors (Lipinski definition) is 5. The Morgan fingerprint density at radius 2 is 1.46 bits per heavy atom. The first-order chi connectivity index (χ1) is 22.5. The van der Waals surface area contributed by atoms with Crippen LogP contribution >= 0.6 is 11.3 Å². The SMILES string of the molecule is O=C(O)CCNC(=O)c1ccc(N(Cc2ccc3c(c2)Cc2ccccc2-3)c2nc(-c3ccc(-c4ccccc4)cc3)cs2)cc1. The summed E-state index contributed by atoms with van der Waals surface area (Å²) in [4.78, 5) is 30.7. The number of benzene rings is 5. The molecule has 0 fully saturated rings. The first-order valence-electron chi connectivity index (χ1n) is 15.2. The van der Waals surface area contributed by atoms with Crippen LogP contribution in [0.1, 0.15) is 33.5 Å². The van der Waals surface area contributed by atoms with Crippen molar-refractivity contribution >= 4 is 34.0 Å². The fourth-order valence-corrected chi connectivity index (χ4v) is 6.77. The van der Waals surface area contributed by atoms with Crippen molar-refractivity contribution < 1.29 is 14.7 Å². The summed E-state index contributed by atoms with van der Waals surface area (Å²) in [6, 6.07) is 41.5. The molecule has 2 N–H and O–H groups in total. The van der Waals surface area contributed by atoms with Crippen molar-refractivity contribution in [1.82, 2.24) is 10.3 Å². The molecule has 0 aliphatic heterocycles. The number of nitrogens with zero attached hydrogens (tertiary/aromatic N) is 2. The number of thiazole rings is 1. The van der Waals surface area contributed by atoms with E-state index in [0.29, 0.717) is 12.1 Å². The molecule has 5 aromatic carbocycles. The van der Waals surface area contributed by atoms with Crippen LogP contribution in [0.5, 0.6) is 0 Å². The van der Waals surface area contributed by atoms with Gasteiger partial charge in [0.1, 0.15) is 0 Å². The molecule has 1 aliphatic carbocycles. The molecule has 1 amide bonds. The van der Waals surface area contributed by atoms with Gasteiger partial charge >= 0.3 is 5.97 Å². The van der Waals surface area contributed by atoms with E-state index < -0.39 is 5.97 Å². The maximum Gasteiger partial charge on any atom is 0.305 e. The van der Waals surface area contributed by atoms with Gasteiger partial charge in [-0.15, -0.1) is 11.3 Å². The summed E-state index contributed by atoms with van der Waals surface area (Å²) in [6.07, 6.45) is 0.802. The van der Waals surface area contributed by atoms with Crippen molar-refractivity contribution in [2.45, 2.75) is 19.4 Å². The van der Waals surface area contributed by atoms with Gasteiger partial charge in [-0.2, -0.15) is 0 Å². The Morgan fingerprint density at radius 1 is 0.761 bits per heavy atom. The van der Waals surface area contributed by atoms with Gasteiger partial charge in [-0.1, -0.05) is 97.1 Å². The minimum Gasteiger partial charge on any atom is -0.481 e. The van der Waals surface area contributed by atoms with E-state index in [4.69, 9.17) is 10.1 Å². The van der Waals surface area contributed by atoms with Crippen molar-refractivity contribution in [2.75, 3.05) is 11.4 Å². The van der Waals surface area contributed by atoms with E-state index in [1.54, 1.807) is 23.5 Å². The van der Waals surface area contributed by atoms with Crippen molar-refractivity contribution in [3.8, 4) is 33.5 Å². The molecule has 6 aromatic rings. The van der Waals surface area contributed by atoms with Crippen molar-refractivity contribution in [1.29, 1.82) is 0 Å². The van der Waals surface area contributed by atoms with E-state index in [9.17, 15) is 9.59 Å². The monoisotopic (exact) mass is 621 g/mol. The number of fused-ring (bicyclic) bond motifs is 3. The standard InChI is InChI=1S/C39H31N3O3S/c43-37(44)20-21-40-38(45)30-15-17-33(18-16-30)42(24-26-10-19-35-32(22-26)23-31-8-4-5-9-34(31)35)39-41-36(25-46-39)29-13-11-28(12-14-29)27-6-2-1-3-7-27/h1-19,22,25H,20-21,23-24H2,(H,40,45)(H,43,44).